The maximum atomic E-state index is 11.7. The third-order valence-electron chi connectivity index (χ3n) is 1.47. The van der Waals surface area contributed by atoms with E-state index in [1.165, 1.54) is 23.5 Å². The van der Waals surface area contributed by atoms with Gasteiger partial charge in [-0.1, -0.05) is 11.6 Å². The molecule has 16 heavy (non-hydrogen) atoms. The van der Waals surface area contributed by atoms with E-state index in [0.717, 1.165) is 0 Å². The normalized spacial score (nSPS) is 12.0. The van der Waals surface area contributed by atoms with E-state index in [1.807, 2.05) is 0 Å². The maximum Gasteiger partial charge on any atom is 0.286 e. The van der Waals surface area contributed by atoms with Crippen LogP contribution in [-0.2, 0) is 10.0 Å². The summed E-state index contributed by atoms with van der Waals surface area (Å²) in [6, 6.07) is 1.36. The van der Waals surface area contributed by atoms with Crippen molar-refractivity contribution in [3.8, 4) is 0 Å². The van der Waals surface area contributed by atoms with Crippen molar-refractivity contribution in [3.63, 3.8) is 0 Å². The number of pyridine rings is 1. The van der Waals surface area contributed by atoms with Gasteiger partial charge < -0.3 is 4.90 Å². The van der Waals surface area contributed by atoms with E-state index < -0.39 is 10.0 Å². The van der Waals surface area contributed by atoms with Crippen molar-refractivity contribution in [1.82, 2.24) is 9.88 Å². The van der Waals surface area contributed by atoms with Gasteiger partial charge in [-0.2, -0.15) is 8.42 Å². The fourth-order valence-corrected chi connectivity index (χ4v) is 2.64. The van der Waals surface area contributed by atoms with Gasteiger partial charge in [-0.25, -0.2) is 4.98 Å². The second kappa shape index (κ2) is 5.11. The zero-order valence-electron chi connectivity index (χ0n) is 8.55. The second-order valence-corrected chi connectivity index (χ2v) is 5.98. The Morgan fingerprint density at radius 1 is 1.56 bits per heavy atom. The Balaban J connectivity index is 3.22. The van der Waals surface area contributed by atoms with Crippen molar-refractivity contribution in [2.75, 3.05) is 14.1 Å². The molecular formula is C8H9BrClN3O2S. The molecule has 0 aliphatic rings. The van der Waals surface area contributed by atoms with Crippen LogP contribution in [0.3, 0.4) is 0 Å². The molecule has 0 amide bonds. The van der Waals surface area contributed by atoms with Gasteiger partial charge in [0, 0.05) is 24.8 Å². The predicted octanol–water partition coefficient (Wildman–Crippen LogP) is 1.78. The zero-order valence-corrected chi connectivity index (χ0v) is 11.7. The molecule has 0 unspecified atom stereocenters. The minimum Gasteiger partial charge on any atom is -0.368 e. The van der Waals surface area contributed by atoms with E-state index in [9.17, 15) is 8.42 Å². The molecule has 0 N–H and O–H groups in total. The Morgan fingerprint density at radius 2 is 2.19 bits per heavy atom. The monoisotopic (exact) mass is 325 g/mol. The molecular weight excluding hydrogens is 318 g/mol. The van der Waals surface area contributed by atoms with Crippen molar-refractivity contribution in [3.05, 3.63) is 21.9 Å². The Bertz CT molecular complexity index is 516. The summed E-state index contributed by atoms with van der Waals surface area (Å²) in [6.45, 7) is 0. The summed E-state index contributed by atoms with van der Waals surface area (Å²) in [6.07, 6.45) is 2.60. The Kier molecular flexibility index (Phi) is 4.28. The van der Waals surface area contributed by atoms with Crippen LogP contribution in [0.25, 0.3) is 0 Å². The largest absolute Gasteiger partial charge is 0.368 e. The number of sulfonamides is 1. The summed E-state index contributed by atoms with van der Waals surface area (Å²) >= 11 is 8.82. The molecule has 0 aliphatic carbocycles. The molecule has 0 spiro atoms. The first-order valence-electron chi connectivity index (χ1n) is 4.11. The third kappa shape index (κ3) is 3.43. The van der Waals surface area contributed by atoms with E-state index >= 15 is 0 Å². The summed E-state index contributed by atoms with van der Waals surface area (Å²) in [4.78, 5) is 5.11. The van der Waals surface area contributed by atoms with Crippen LogP contribution in [0.4, 0.5) is 0 Å². The minimum absolute atomic E-state index is 0.0980. The highest BCUT2D eigenvalue weighted by atomic mass is 79.9. The van der Waals surface area contributed by atoms with Gasteiger partial charge in [-0.15, -0.1) is 4.40 Å². The van der Waals surface area contributed by atoms with E-state index in [1.54, 1.807) is 14.1 Å². The molecule has 0 saturated carbocycles. The molecule has 0 aromatic carbocycles. The Morgan fingerprint density at radius 3 is 2.75 bits per heavy atom. The molecule has 1 rings (SSSR count). The van der Waals surface area contributed by atoms with Gasteiger partial charge in [-0.3, -0.25) is 0 Å². The molecule has 1 aromatic heterocycles. The summed E-state index contributed by atoms with van der Waals surface area (Å²) in [5, 5.41) is -0.0980. The lowest BCUT2D eigenvalue weighted by Crippen LogP contribution is -2.10. The van der Waals surface area contributed by atoms with Gasteiger partial charge in [0.2, 0.25) is 0 Å². The molecule has 0 aliphatic heterocycles. The van der Waals surface area contributed by atoms with Crippen LogP contribution >= 0.6 is 27.5 Å². The first-order chi connectivity index (χ1) is 7.33. The Labute approximate surface area is 107 Å². The first-order valence-corrected chi connectivity index (χ1v) is 6.72. The molecule has 0 atom stereocenters. The van der Waals surface area contributed by atoms with Gasteiger partial charge in [0.15, 0.2) is 0 Å². The summed E-state index contributed by atoms with van der Waals surface area (Å²) in [5.74, 6) is 0. The van der Waals surface area contributed by atoms with Crippen molar-refractivity contribution < 1.29 is 8.42 Å². The molecule has 5 nitrogen and oxygen atoms in total. The van der Waals surface area contributed by atoms with Gasteiger partial charge >= 0.3 is 0 Å². The van der Waals surface area contributed by atoms with Crippen molar-refractivity contribution >= 4 is 43.9 Å². The highest BCUT2D eigenvalue weighted by Crippen LogP contribution is 2.23. The van der Waals surface area contributed by atoms with Crippen molar-refractivity contribution in [1.29, 1.82) is 0 Å². The quantitative estimate of drug-likeness (QED) is 0.482. The zero-order chi connectivity index (χ0) is 12.3. The number of rotatable bonds is 3. The number of nitrogens with zero attached hydrogens (tertiary/aromatic N) is 3. The average molecular weight is 327 g/mol. The SMILES string of the molecule is CN(C)/C=N/S(=O)(=O)c1cc(Br)cnc1Cl. The third-order valence-corrected chi connectivity index (χ3v) is 3.55. The van der Waals surface area contributed by atoms with Crippen LogP contribution in [0.2, 0.25) is 5.15 Å². The summed E-state index contributed by atoms with van der Waals surface area (Å²) in [7, 11) is -0.472. The topological polar surface area (TPSA) is 62.6 Å². The van der Waals surface area contributed by atoms with Gasteiger partial charge in [0.25, 0.3) is 10.0 Å². The van der Waals surface area contributed by atoms with Gasteiger partial charge in [0.05, 0.1) is 0 Å². The van der Waals surface area contributed by atoms with Crippen molar-refractivity contribution in [2.24, 2.45) is 4.40 Å². The smallest absolute Gasteiger partial charge is 0.286 e. The lowest BCUT2D eigenvalue weighted by Gasteiger charge is -2.04. The summed E-state index contributed by atoms with van der Waals surface area (Å²) in [5.41, 5.74) is 0. The fourth-order valence-electron chi connectivity index (χ4n) is 0.798. The standard InChI is InChI=1S/C8H9BrClN3O2S/c1-13(2)5-12-16(14,15)7-3-6(9)4-11-8(7)10/h3-5H,1-2H3/b12-5+. The van der Waals surface area contributed by atoms with E-state index in [4.69, 9.17) is 11.6 Å². The molecule has 0 fully saturated rings. The maximum absolute atomic E-state index is 11.7. The van der Waals surface area contributed by atoms with Crippen molar-refractivity contribution in [2.45, 2.75) is 4.90 Å². The number of hydrogen-bond donors (Lipinski definition) is 0. The van der Waals surface area contributed by atoms with Gasteiger partial charge in [-0.05, 0) is 22.0 Å². The van der Waals surface area contributed by atoms with Gasteiger partial charge in [0.1, 0.15) is 16.4 Å². The lowest BCUT2D eigenvalue weighted by atomic mass is 10.5. The molecule has 0 radical (unpaired) electrons. The Hall–Kier alpha value is -0.660. The number of halogens is 2. The van der Waals surface area contributed by atoms with Crippen LogP contribution in [0.5, 0.6) is 0 Å². The van der Waals surface area contributed by atoms with Crippen LogP contribution < -0.4 is 0 Å². The fraction of sp³-hybridized carbons (Fsp3) is 0.250. The molecule has 0 bridgehead atoms. The van der Waals surface area contributed by atoms with Crippen LogP contribution in [0.15, 0.2) is 26.0 Å². The molecule has 8 heteroatoms. The number of aromatic nitrogens is 1. The summed E-state index contributed by atoms with van der Waals surface area (Å²) < 4.78 is 27.5. The van der Waals surface area contributed by atoms with E-state index in [0.29, 0.717) is 4.47 Å². The highest BCUT2D eigenvalue weighted by molar-refractivity contribution is 9.10. The van der Waals surface area contributed by atoms with Crippen LogP contribution in [-0.4, -0.2) is 38.7 Å². The predicted molar refractivity (Wildman–Crippen MR) is 66.3 cm³/mol. The van der Waals surface area contributed by atoms with E-state index in [-0.39, 0.29) is 10.0 Å². The molecule has 0 saturated heterocycles. The lowest BCUT2D eigenvalue weighted by molar-refractivity contribution is 0.594. The van der Waals surface area contributed by atoms with Crippen LogP contribution in [0.1, 0.15) is 0 Å². The minimum atomic E-state index is -3.81. The average Bonchev–Trinajstić information content (AvgIpc) is 2.19. The van der Waals surface area contributed by atoms with Crippen LogP contribution in [0, 0.1) is 0 Å². The first kappa shape index (κ1) is 13.4. The molecule has 88 valence electrons. The molecule has 1 heterocycles. The van der Waals surface area contributed by atoms with E-state index in [2.05, 4.69) is 25.3 Å². The molecule has 1 aromatic rings. The highest BCUT2D eigenvalue weighted by Gasteiger charge is 2.17. The second-order valence-electron chi connectivity index (χ2n) is 3.10. The number of hydrogen-bond acceptors (Lipinski definition) is 3.